The van der Waals surface area contributed by atoms with Crippen LogP contribution in [0, 0.1) is 0 Å². The topological polar surface area (TPSA) is 137 Å². The number of primary amides is 1. The number of benzene rings is 2. The number of carbonyl (C=O) groups excluding carboxylic acids is 2. The number of carbonyl (C=O) groups is 2. The van der Waals surface area contributed by atoms with Gasteiger partial charge in [0.05, 0.1) is 19.1 Å². The van der Waals surface area contributed by atoms with Crippen molar-refractivity contribution in [1.82, 2.24) is 9.62 Å². The fraction of sp³-hybridized carbons (Fsp3) is 0.364. The van der Waals surface area contributed by atoms with Crippen molar-refractivity contribution in [2.75, 3.05) is 27.9 Å². The highest BCUT2D eigenvalue weighted by Crippen LogP contribution is 2.38. The van der Waals surface area contributed by atoms with Crippen LogP contribution in [0.5, 0.6) is 17.2 Å². The first-order chi connectivity index (χ1) is 15.5. The Labute approximate surface area is 193 Å². The third-order valence-corrected chi connectivity index (χ3v) is 6.91. The molecule has 0 saturated carbocycles. The molecule has 180 valence electrons. The van der Waals surface area contributed by atoms with Crippen LogP contribution in [0.1, 0.15) is 29.8 Å². The molecule has 3 N–H and O–H groups in total. The zero-order valence-electron chi connectivity index (χ0n) is 19.2. The molecule has 2 aromatic rings. The number of hydrogen-bond acceptors (Lipinski definition) is 7. The van der Waals surface area contributed by atoms with Crippen LogP contribution in [0.3, 0.4) is 0 Å². The molecule has 33 heavy (non-hydrogen) atoms. The van der Waals surface area contributed by atoms with Crippen LogP contribution in [0.15, 0.2) is 41.3 Å². The molecule has 10 nitrogen and oxygen atoms in total. The first-order valence-corrected chi connectivity index (χ1v) is 11.5. The Bertz CT molecular complexity index is 1070. The maximum absolute atomic E-state index is 12.7. The van der Waals surface area contributed by atoms with Crippen molar-refractivity contribution >= 4 is 21.8 Å². The first kappa shape index (κ1) is 25.9. The van der Waals surface area contributed by atoms with E-state index in [-0.39, 0.29) is 46.9 Å². The quantitative estimate of drug-likeness (QED) is 0.498. The van der Waals surface area contributed by atoms with E-state index in [1.165, 1.54) is 49.8 Å². The van der Waals surface area contributed by atoms with E-state index in [1.54, 1.807) is 26.0 Å². The normalized spacial score (nSPS) is 11.4. The smallest absolute Gasteiger partial charge is 0.255 e. The van der Waals surface area contributed by atoms with Crippen LogP contribution in [-0.4, -0.2) is 58.5 Å². The molecule has 0 bridgehead atoms. The molecule has 0 radical (unpaired) electrons. The fourth-order valence-corrected chi connectivity index (χ4v) is 4.17. The Hall–Kier alpha value is -3.31. The number of ether oxygens (including phenoxy) is 3. The molecule has 0 atom stereocenters. The van der Waals surface area contributed by atoms with Crippen molar-refractivity contribution < 1.29 is 32.2 Å². The minimum Gasteiger partial charge on any atom is -0.493 e. The van der Waals surface area contributed by atoms with Gasteiger partial charge in [0.1, 0.15) is 0 Å². The molecular formula is C22H29N3O7S. The summed E-state index contributed by atoms with van der Waals surface area (Å²) in [5.74, 6) is -0.535. The second-order valence-electron chi connectivity index (χ2n) is 7.41. The molecule has 0 aliphatic heterocycles. The van der Waals surface area contributed by atoms with Crippen molar-refractivity contribution in [3.8, 4) is 17.2 Å². The summed E-state index contributed by atoms with van der Waals surface area (Å²) in [5, 5.41) is 2.76. The molecule has 2 rings (SSSR count). The Kier molecular flexibility index (Phi) is 8.66. The summed E-state index contributed by atoms with van der Waals surface area (Å²) < 4.78 is 42.3. The summed E-state index contributed by atoms with van der Waals surface area (Å²) in [5.41, 5.74) is 6.07. The van der Waals surface area contributed by atoms with Gasteiger partial charge in [-0.05, 0) is 43.7 Å². The minimum absolute atomic E-state index is 0.151. The van der Waals surface area contributed by atoms with E-state index in [4.69, 9.17) is 19.9 Å². The van der Waals surface area contributed by atoms with Crippen LogP contribution < -0.4 is 25.3 Å². The van der Waals surface area contributed by atoms with Gasteiger partial charge in [-0.3, -0.25) is 9.59 Å². The molecule has 2 aromatic carbocycles. The number of nitrogens with two attached hydrogens (primary N) is 1. The van der Waals surface area contributed by atoms with E-state index >= 15 is 0 Å². The summed E-state index contributed by atoms with van der Waals surface area (Å²) in [4.78, 5) is 23.9. The second kappa shape index (κ2) is 11.0. The molecule has 2 amide bonds. The van der Waals surface area contributed by atoms with E-state index in [0.717, 1.165) is 5.56 Å². The van der Waals surface area contributed by atoms with Crippen molar-refractivity contribution in [2.24, 2.45) is 5.73 Å². The van der Waals surface area contributed by atoms with Crippen LogP contribution in [0.2, 0.25) is 0 Å². The van der Waals surface area contributed by atoms with Gasteiger partial charge in [0.15, 0.2) is 18.1 Å². The summed E-state index contributed by atoms with van der Waals surface area (Å²) in [6, 6.07) is 9.03. The lowest BCUT2D eigenvalue weighted by Gasteiger charge is -2.21. The molecule has 0 aliphatic carbocycles. The number of methoxy groups -OCH3 is 2. The zero-order chi connectivity index (χ0) is 24.8. The van der Waals surface area contributed by atoms with E-state index < -0.39 is 21.8 Å². The molecular weight excluding hydrogens is 450 g/mol. The third-order valence-electron chi connectivity index (χ3n) is 4.86. The maximum Gasteiger partial charge on any atom is 0.255 e. The number of hydrogen-bond donors (Lipinski definition) is 2. The second-order valence-corrected chi connectivity index (χ2v) is 9.40. The van der Waals surface area contributed by atoms with Crippen LogP contribution in [0.25, 0.3) is 0 Å². The predicted octanol–water partition coefficient (Wildman–Crippen LogP) is 1.53. The lowest BCUT2D eigenvalue weighted by molar-refractivity contribution is -0.120. The average molecular weight is 480 g/mol. The van der Waals surface area contributed by atoms with Crippen LogP contribution in [0.4, 0.5) is 0 Å². The van der Waals surface area contributed by atoms with Crippen molar-refractivity contribution in [3.63, 3.8) is 0 Å². The maximum atomic E-state index is 12.7. The SMILES string of the molecule is COc1cc(C(=O)NCc2ccc(S(=O)(=O)N(C)C(C)C)cc2)cc(OC)c1OCC(N)=O. The monoisotopic (exact) mass is 479 g/mol. The predicted molar refractivity (Wildman–Crippen MR) is 122 cm³/mol. The molecule has 0 fully saturated rings. The number of nitrogens with one attached hydrogen (secondary N) is 1. The fourth-order valence-electron chi connectivity index (χ4n) is 2.80. The van der Waals surface area contributed by atoms with Gasteiger partial charge in [-0.15, -0.1) is 0 Å². The highest BCUT2D eigenvalue weighted by atomic mass is 32.2. The third kappa shape index (κ3) is 6.36. The summed E-state index contributed by atoms with van der Waals surface area (Å²) in [7, 11) is 0.725. The molecule has 0 heterocycles. The van der Waals surface area contributed by atoms with Gasteiger partial charge in [0.25, 0.3) is 11.8 Å². The Morgan fingerprint density at radius 3 is 2.06 bits per heavy atom. The largest absolute Gasteiger partial charge is 0.493 e. The highest BCUT2D eigenvalue weighted by molar-refractivity contribution is 7.89. The lowest BCUT2D eigenvalue weighted by Crippen LogP contribution is -2.33. The van der Waals surface area contributed by atoms with E-state index in [0.29, 0.717) is 0 Å². The number of nitrogens with zero attached hydrogens (tertiary/aromatic N) is 1. The molecule has 0 saturated heterocycles. The molecule has 11 heteroatoms. The lowest BCUT2D eigenvalue weighted by atomic mass is 10.1. The molecule has 0 unspecified atom stereocenters. The van der Waals surface area contributed by atoms with Crippen molar-refractivity contribution in [3.05, 3.63) is 47.5 Å². The number of rotatable bonds is 11. The summed E-state index contributed by atoms with van der Waals surface area (Å²) in [6.45, 7) is 3.38. The van der Waals surface area contributed by atoms with Gasteiger partial charge in [-0.1, -0.05) is 12.1 Å². The van der Waals surface area contributed by atoms with Gasteiger partial charge < -0.3 is 25.3 Å². The standard InChI is InChI=1S/C22H29N3O7S/c1-14(2)25(3)33(28,29)17-8-6-15(7-9-17)12-24-22(27)16-10-18(30-4)21(19(11-16)31-5)32-13-20(23)26/h6-11,14H,12-13H2,1-5H3,(H2,23,26)(H,24,27). The van der Waals surface area contributed by atoms with E-state index in [9.17, 15) is 18.0 Å². The number of amides is 2. The Morgan fingerprint density at radius 1 is 1.06 bits per heavy atom. The average Bonchev–Trinajstić information content (AvgIpc) is 2.79. The molecule has 0 spiro atoms. The van der Waals surface area contributed by atoms with Crippen molar-refractivity contribution in [2.45, 2.75) is 31.3 Å². The van der Waals surface area contributed by atoms with Gasteiger partial charge in [-0.2, -0.15) is 4.31 Å². The van der Waals surface area contributed by atoms with Crippen molar-refractivity contribution in [1.29, 1.82) is 0 Å². The zero-order valence-corrected chi connectivity index (χ0v) is 20.1. The number of sulfonamides is 1. The Morgan fingerprint density at radius 2 is 1.61 bits per heavy atom. The molecule has 0 aromatic heterocycles. The molecule has 0 aliphatic rings. The van der Waals surface area contributed by atoms with Gasteiger partial charge in [-0.25, -0.2) is 8.42 Å². The highest BCUT2D eigenvalue weighted by Gasteiger charge is 2.23. The van der Waals surface area contributed by atoms with Gasteiger partial charge in [0.2, 0.25) is 15.8 Å². The summed E-state index contributed by atoms with van der Waals surface area (Å²) in [6.07, 6.45) is 0. The summed E-state index contributed by atoms with van der Waals surface area (Å²) >= 11 is 0. The van der Waals surface area contributed by atoms with Crippen LogP contribution in [-0.2, 0) is 21.4 Å². The van der Waals surface area contributed by atoms with E-state index in [1.807, 2.05) is 0 Å². The van der Waals surface area contributed by atoms with E-state index in [2.05, 4.69) is 5.32 Å². The van der Waals surface area contributed by atoms with Gasteiger partial charge >= 0.3 is 0 Å². The Balaban J connectivity index is 2.15. The minimum atomic E-state index is -3.58. The van der Waals surface area contributed by atoms with Gasteiger partial charge in [0, 0.05) is 25.2 Å². The first-order valence-electron chi connectivity index (χ1n) is 10.0. The van der Waals surface area contributed by atoms with Crippen LogP contribution >= 0.6 is 0 Å².